The summed E-state index contributed by atoms with van der Waals surface area (Å²) in [7, 11) is -3.08. The Hall–Kier alpha value is -1.09. The first-order valence-electron chi connectivity index (χ1n) is 6.45. The van der Waals surface area contributed by atoms with E-state index in [4.69, 9.17) is 0 Å². The van der Waals surface area contributed by atoms with Crippen LogP contribution >= 0.6 is 0 Å². The van der Waals surface area contributed by atoms with Crippen molar-refractivity contribution in [3.05, 3.63) is 42.0 Å². The average Bonchev–Trinajstić information content (AvgIpc) is 2.36. The molecule has 3 heteroatoms. The minimum absolute atomic E-state index is 0.223. The van der Waals surface area contributed by atoms with Crippen LogP contribution in [0.15, 0.2) is 41.3 Å². The molecule has 0 saturated heterocycles. The first-order valence-corrected chi connectivity index (χ1v) is 8.10. The molecule has 0 fully saturated rings. The van der Waals surface area contributed by atoms with Crippen molar-refractivity contribution in [3.63, 3.8) is 0 Å². The lowest BCUT2D eigenvalue weighted by molar-refractivity contribution is 0.594. The summed E-state index contributed by atoms with van der Waals surface area (Å²) in [4.78, 5) is 0.436. The van der Waals surface area contributed by atoms with E-state index in [1.807, 2.05) is 32.1 Å². The predicted octanol–water partition coefficient (Wildman–Crippen LogP) is 3.94. The maximum Gasteiger partial charge on any atom is 0.178 e. The van der Waals surface area contributed by atoms with Crippen molar-refractivity contribution in [3.8, 4) is 0 Å². The zero-order valence-electron chi connectivity index (χ0n) is 11.4. The molecule has 1 rings (SSSR count). The van der Waals surface area contributed by atoms with E-state index in [1.165, 1.54) is 5.56 Å². The van der Waals surface area contributed by atoms with Crippen LogP contribution in [0.4, 0.5) is 0 Å². The Morgan fingerprint density at radius 3 is 2.33 bits per heavy atom. The smallest absolute Gasteiger partial charge is 0.178 e. The number of allylic oxidation sites excluding steroid dienone is 2. The Kier molecular flexibility index (Phi) is 5.60. The van der Waals surface area contributed by atoms with Crippen molar-refractivity contribution in [2.24, 2.45) is 0 Å². The summed E-state index contributed by atoms with van der Waals surface area (Å²) < 4.78 is 23.7. The third-order valence-corrected chi connectivity index (χ3v) is 4.94. The highest BCUT2D eigenvalue weighted by Crippen LogP contribution is 2.22. The Morgan fingerprint density at radius 1 is 1.22 bits per heavy atom. The maximum atomic E-state index is 11.9. The van der Waals surface area contributed by atoms with E-state index in [0.717, 1.165) is 6.42 Å². The van der Waals surface area contributed by atoms with Gasteiger partial charge in [-0.2, -0.15) is 0 Å². The molecule has 0 saturated carbocycles. The lowest BCUT2D eigenvalue weighted by Crippen LogP contribution is -2.06. The van der Waals surface area contributed by atoms with Crippen LogP contribution in [0.3, 0.4) is 0 Å². The van der Waals surface area contributed by atoms with Crippen LogP contribution in [0.2, 0.25) is 0 Å². The van der Waals surface area contributed by atoms with E-state index in [0.29, 0.717) is 17.2 Å². The van der Waals surface area contributed by atoms with Gasteiger partial charge in [-0.25, -0.2) is 8.42 Å². The number of rotatable bonds is 6. The molecular weight excluding hydrogens is 244 g/mol. The van der Waals surface area contributed by atoms with Gasteiger partial charge in [0.05, 0.1) is 10.6 Å². The van der Waals surface area contributed by atoms with E-state index in [-0.39, 0.29) is 5.75 Å². The molecule has 18 heavy (non-hydrogen) atoms. The Bertz CT molecular complexity index is 484. The van der Waals surface area contributed by atoms with Crippen LogP contribution < -0.4 is 0 Å². The van der Waals surface area contributed by atoms with Crippen molar-refractivity contribution in [1.29, 1.82) is 0 Å². The van der Waals surface area contributed by atoms with Gasteiger partial charge < -0.3 is 0 Å². The molecule has 1 atom stereocenters. The van der Waals surface area contributed by atoms with E-state index in [9.17, 15) is 8.42 Å². The largest absolute Gasteiger partial charge is 0.224 e. The van der Waals surface area contributed by atoms with Gasteiger partial charge in [-0.05, 0) is 43.4 Å². The lowest BCUT2D eigenvalue weighted by Gasteiger charge is -2.10. The van der Waals surface area contributed by atoms with Gasteiger partial charge in [0.2, 0.25) is 0 Å². The van der Waals surface area contributed by atoms with Crippen molar-refractivity contribution in [2.75, 3.05) is 5.75 Å². The minimum atomic E-state index is -3.08. The molecule has 0 radical (unpaired) electrons. The van der Waals surface area contributed by atoms with E-state index < -0.39 is 9.84 Å². The molecule has 2 nitrogen and oxygen atoms in total. The van der Waals surface area contributed by atoms with Crippen LogP contribution in [0.25, 0.3) is 0 Å². The van der Waals surface area contributed by atoms with Crippen LogP contribution in [0.1, 0.15) is 45.1 Å². The molecule has 0 amide bonds. The number of hydrogen-bond acceptors (Lipinski definition) is 2. The summed E-state index contributed by atoms with van der Waals surface area (Å²) >= 11 is 0. The van der Waals surface area contributed by atoms with Gasteiger partial charge in [0, 0.05) is 0 Å². The van der Waals surface area contributed by atoms with Crippen molar-refractivity contribution >= 4 is 9.84 Å². The van der Waals surface area contributed by atoms with E-state index >= 15 is 0 Å². The molecule has 1 aromatic rings. The first kappa shape index (κ1) is 15.0. The van der Waals surface area contributed by atoms with Gasteiger partial charge in [0.15, 0.2) is 9.84 Å². The van der Waals surface area contributed by atoms with E-state index in [2.05, 4.69) is 13.0 Å². The number of sulfone groups is 1. The average molecular weight is 266 g/mol. The monoisotopic (exact) mass is 266 g/mol. The summed E-state index contributed by atoms with van der Waals surface area (Å²) in [6, 6.07) is 7.31. The number of hydrogen-bond donors (Lipinski definition) is 0. The third kappa shape index (κ3) is 3.98. The van der Waals surface area contributed by atoms with Crippen molar-refractivity contribution < 1.29 is 8.42 Å². The molecule has 0 bridgehead atoms. The molecule has 1 unspecified atom stereocenters. The van der Waals surface area contributed by atoms with Gasteiger partial charge in [-0.15, -0.1) is 0 Å². The molecule has 0 aliphatic carbocycles. The topological polar surface area (TPSA) is 34.1 Å². The van der Waals surface area contributed by atoms with Gasteiger partial charge in [-0.3, -0.25) is 0 Å². The Morgan fingerprint density at radius 2 is 1.83 bits per heavy atom. The molecule has 0 aliphatic rings. The molecule has 0 spiro atoms. The molecule has 0 aliphatic heterocycles. The maximum absolute atomic E-state index is 11.9. The van der Waals surface area contributed by atoms with Crippen LogP contribution in [-0.2, 0) is 9.84 Å². The normalized spacial score (nSPS) is 13.9. The SMILES string of the molecule is C/C=C\CC(C)c1ccc(S(=O)(=O)CCC)cc1. The van der Waals surface area contributed by atoms with Gasteiger partial charge in [0.1, 0.15) is 0 Å². The fraction of sp³-hybridized carbons (Fsp3) is 0.467. The van der Waals surface area contributed by atoms with Crippen molar-refractivity contribution in [2.45, 2.75) is 44.4 Å². The zero-order valence-corrected chi connectivity index (χ0v) is 12.2. The fourth-order valence-corrected chi connectivity index (χ4v) is 3.19. The standard InChI is InChI=1S/C15H22O2S/c1-4-6-7-13(3)14-8-10-15(11-9-14)18(16,17)12-5-2/h4,6,8-11,13H,5,7,12H2,1-3H3/b6-4-. The summed E-state index contributed by atoms with van der Waals surface area (Å²) in [5, 5.41) is 0. The van der Waals surface area contributed by atoms with Crippen molar-refractivity contribution in [1.82, 2.24) is 0 Å². The highest BCUT2D eigenvalue weighted by Gasteiger charge is 2.13. The fourth-order valence-electron chi connectivity index (χ4n) is 1.87. The van der Waals surface area contributed by atoms with Crippen LogP contribution in [-0.4, -0.2) is 14.2 Å². The highest BCUT2D eigenvalue weighted by atomic mass is 32.2. The van der Waals surface area contributed by atoms with Crippen LogP contribution in [0, 0.1) is 0 Å². The molecule has 100 valence electrons. The molecule has 0 aromatic heterocycles. The van der Waals surface area contributed by atoms with E-state index in [1.54, 1.807) is 12.1 Å². The Labute approximate surface area is 111 Å². The second-order valence-corrected chi connectivity index (χ2v) is 6.70. The quantitative estimate of drug-likeness (QED) is 0.731. The number of benzene rings is 1. The van der Waals surface area contributed by atoms with Gasteiger partial charge >= 0.3 is 0 Å². The minimum Gasteiger partial charge on any atom is -0.224 e. The van der Waals surface area contributed by atoms with Gasteiger partial charge in [-0.1, -0.05) is 38.1 Å². The molecular formula is C15H22O2S. The third-order valence-electron chi connectivity index (χ3n) is 3.01. The summed E-state index contributed by atoms with van der Waals surface area (Å²) in [6.07, 6.45) is 5.81. The second-order valence-electron chi connectivity index (χ2n) is 4.59. The predicted molar refractivity (Wildman–Crippen MR) is 76.6 cm³/mol. The van der Waals surface area contributed by atoms with Gasteiger partial charge in [0.25, 0.3) is 0 Å². The molecule has 1 aromatic carbocycles. The molecule has 0 heterocycles. The lowest BCUT2D eigenvalue weighted by atomic mass is 9.98. The summed E-state index contributed by atoms with van der Waals surface area (Å²) in [5.41, 5.74) is 1.18. The highest BCUT2D eigenvalue weighted by molar-refractivity contribution is 7.91. The second kappa shape index (κ2) is 6.74. The summed E-state index contributed by atoms with van der Waals surface area (Å²) in [6.45, 7) is 6.04. The first-order chi connectivity index (χ1) is 8.51. The Balaban J connectivity index is 2.86. The zero-order chi connectivity index (χ0) is 13.6. The molecule has 0 N–H and O–H groups in total. The summed E-state index contributed by atoms with van der Waals surface area (Å²) in [5.74, 6) is 0.643. The van der Waals surface area contributed by atoms with Crippen LogP contribution in [0.5, 0.6) is 0 Å².